The van der Waals surface area contributed by atoms with E-state index in [-0.39, 0.29) is 10.8 Å². The van der Waals surface area contributed by atoms with Crippen molar-refractivity contribution >= 4 is 23.8 Å². The Balaban J connectivity index is 1.63. The summed E-state index contributed by atoms with van der Waals surface area (Å²) < 4.78 is 0. The highest BCUT2D eigenvalue weighted by atomic mass is 31.1. The van der Waals surface area contributed by atoms with E-state index in [1.54, 1.807) is 5.56 Å². The van der Waals surface area contributed by atoms with Crippen LogP contribution in [0.3, 0.4) is 0 Å². The van der Waals surface area contributed by atoms with Crippen molar-refractivity contribution in [2.75, 3.05) is 0 Å². The Kier molecular flexibility index (Phi) is 6.45. The normalized spacial score (nSPS) is 17.1. The van der Waals surface area contributed by atoms with Gasteiger partial charge in [-0.15, -0.1) is 0 Å². The first-order valence-electron chi connectivity index (χ1n) is 12.9. The van der Waals surface area contributed by atoms with Crippen molar-refractivity contribution in [3.63, 3.8) is 0 Å². The molecule has 1 aliphatic carbocycles. The highest BCUT2D eigenvalue weighted by Gasteiger charge is 2.37. The van der Waals surface area contributed by atoms with Gasteiger partial charge in [-0.1, -0.05) is 138 Å². The molecule has 0 aromatic heterocycles. The average molecular weight is 477 g/mol. The van der Waals surface area contributed by atoms with Crippen LogP contribution < -0.4 is 15.9 Å². The summed E-state index contributed by atoms with van der Waals surface area (Å²) in [5.74, 6) is 0.328. The average Bonchev–Trinajstić information content (AvgIpc) is 2.88. The third kappa shape index (κ3) is 4.62. The molecular weight excluding hydrogens is 439 g/mol. The monoisotopic (exact) mass is 476 g/mol. The molecule has 1 heteroatoms. The van der Waals surface area contributed by atoms with Crippen LogP contribution in [0.15, 0.2) is 103 Å². The maximum atomic E-state index is 2.53. The Hall–Kier alpha value is -2.69. The first-order chi connectivity index (χ1) is 16.8. The molecule has 5 rings (SSSR count). The van der Waals surface area contributed by atoms with Gasteiger partial charge in [0.1, 0.15) is 0 Å². The van der Waals surface area contributed by atoms with Gasteiger partial charge in [-0.05, 0) is 69.8 Å². The molecule has 1 unspecified atom stereocenters. The van der Waals surface area contributed by atoms with Gasteiger partial charge in [0.25, 0.3) is 0 Å². The van der Waals surface area contributed by atoms with Crippen LogP contribution in [0.25, 0.3) is 0 Å². The van der Waals surface area contributed by atoms with Crippen LogP contribution in [0.1, 0.15) is 75.6 Å². The van der Waals surface area contributed by atoms with Crippen molar-refractivity contribution in [1.29, 1.82) is 0 Å². The summed E-state index contributed by atoms with van der Waals surface area (Å²) in [6.07, 6.45) is 2.50. The van der Waals surface area contributed by atoms with Crippen LogP contribution in [0.4, 0.5) is 0 Å². The zero-order valence-corrected chi connectivity index (χ0v) is 22.6. The summed E-state index contributed by atoms with van der Waals surface area (Å²) in [6, 6.07) is 38.6. The summed E-state index contributed by atoms with van der Waals surface area (Å²) in [7, 11) is -0.633. The molecule has 0 radical (unpaired) electrons. The SMILES string of the molecule is CC(c1ccc2c(c1)C(C)(C)CCC2(C)C)c1ccccc1P(c1ccccc1)c1ccccc1. The Morgan fingerprint density at radius 2 is 1.11 bits per heavy atom. The molecule has 0 saturated carbocycles. The summed E-state index contributed by atoms with van der Waals surface area (Å²) in [5.41, 5.74) is 6.43. The molecule has 0 nitrogen and oxygen atoms in total. The van der Waals surface area contributed by atoms with Crippen molar-refractivity contribution in [1.82, 2.24) is 0 Å². The second-order valence-electron chi connectivity index (χ2n) is 11.4. The molecule has 0 spiro atoms. The van der Waals surface area contributed by atoms with Crippen LogP contribution in [0.5, 0.6) is 0 Å². The van der Waals surface area contributed by atoms with Crippen molar-refractivity contribution in [3.05, 3.63) is 125 Å². The molecule has 178 valence electrons. The lowest BCUT2D eigenvalue weighted by Crippen LogP contribution is -2.34. The quantitative estimate of drug-likeness (QED) is 0.256. The van der Waals surface area contributed by atoms with Gasteiger partial charge in [-0.2, -0.15) is 0 Å². The van der Waals surface area contributed by atoms with Crippen molar-refractivity contribution in [2.45, 2.75) is 64.2 Å². The van der Waals surface area contributed by atoms with Crippen LogP contribution >= 0.6 is 7.92 Å². The fourth-order valence-electron chi connectivity index (χ4n) is 5.69. The first-order valence-corrected chi connectivity index (χ1v) is 14.3. The smallest absolute Gasteiger partial charge is 0.00676 e. The zero-order chi connectivity index (χ0) is 24.6. The number of rotatable bonds is 5. The van der Waals surface area contributed by atoms with Crippen molar-refractivity contribution in [3.8, 4) is 0 Å². The van der Waals surface area contributed by atoms with Crippen LogP contribution in [0, 0.1) is 0 Å². The molecule has 0 saturated heterocycles. The van der Waals surface area contributed by atoms with E-state index in [1.165, 1.54) is 45.4 Å². The van der Waals surface area contributed by atoms with Crippen molar-refractivity contribution < 1.29 is 0 Å². The lowest BCUT2D eigenvalue weighted by atomic mass is 9.62. The van der Waals surface area contributed by atoms with E-state index >= 15 is 0 Å². The summed E-state index contributed by atoms with van der Waals surface area (Å²) in [4.78, 5) is 0. The minimum atomic E-state index is -0.633. The van der Waals surface area contributed by atoms with E-state index in [1.807, 2.05) is 0 Å². The molecule has 4 aromatic carbocycles. The molecule has 1 aliphatic rings. The summed E-state index contributed by atoms with van der Waals surface area (Å²) in [5, 5.41) is 4.27. The van der Waals surface area contributed by atoms with E-state index in [9.17, 15) is 0 Å². The Morgan fingerprint density at radius 1 is 0.600 bits per heavy atom. The Morgan fingerprint density at radius 3 is 1.71 bits per heavy atom. The lowest BCUT2D eigenvalue weighted by molar-refractivity contribution is 0.331. The number of hydrogen-bond donors (Lipinski definition) is 0. The number of fused-ring (bicyclic) bond motifs is 1. The molecule has 0 fully saturated rings. The maximum absolute atomic E-state index is 2.53. The van der Waals surface area contributed by atoms with Crippen LogP contribution in [-0.4, -0.2) is 0 Å². The van der Waals surface area contributed by atoms with E-state index in [0.29, 0.717) is 5.92 Å². The first kappa shape index (κ1) is 24.0. The number of benzene rings is 4. The Bertz CT molecular complexity index is 1260. The molecule has 1 atom stereocenters. The molecular formula is C34H37P. The van der Waals surface area contributed by atoms with Gasteiger partial charge in [-0.3, -0.25) is 0 Å². The summed E-state index contributed by atoms with van der Waals surface area (Å²) in [6.45, 7) is 12.1. The van der Waals surface area contributed by atoms with Gasteiger partial charge >= 0.3 is 0 Å². The predicted octanol–water partition coefficient (Wildman–Crippen LogP) is 7.95. The third-order valence-electron chi connectivity index (χ3n) is 8.05. The van der Waals surface area contributed by atoms with Gasteiger partial charge in [0.2, 0.25) is 0 Å². The van der Waals surface area contributed by atoms with Gasteiger partial charge in [0.05, 0.1) is 0 Å². The van der Waals surface area contributed by atoms with Gasteiger partial charge < -0.3 is 0 Å². The fourth-order valence-corrected chi connectivity index (χ4v) is 8.25. The van der Waals surface area contributed by atoms with E-state index in [2.05, 4.69) is 138 Å². The Labute approximate surface area is 213 Å². The predicted molar refractivity (Wildman–Crippen MR) is 154 cm³/mol. The van der Waals surface area contributed by atoms with E-state index in [4.69, 9.17) is 0 Å². The maximum Gasteiger partial charge on any atom is 0.00676 e. The lowest BCUT2D eigenvalue weighted by Gasteiger charge is -2.42. The zero-order valence-electron chi connectivity index (χ0n) is 21.8. The second-order valence-corrected chi connectivity index (χ2v) is 13.5. The number of hydrogen-bond acceptors (Lipinski definition) is 0. The molecule has 4 aromatic rings. The van der Waals surface area contributed by atoms with Crippen molar-refractivity contribution in [2.24, 2.45) is 0 Å². The molecule has 0 amide bonds. The minimum absolute atomic E-state index is 0.223. The third-order valence-corrected chi connectivity index (χ3v) is 10.6. The van der Waals surface area contributed by atoms with E-state index in [0.717, 1.165) is 0 Å². The topological polar surface area (TPSA) is 0 Å². The molecule has 0 aliphatic heterocycles. The largest absolute Gasteiger partial charge is 0.0622 e. The van der Waals surface area contributed by atoms with Crippen LogP contribution in [0.2, 0.25) is 0 Å². The molecule has 0 heterocycles. The standard InChI is InChI=1S/C34H37P/c1-25(26-20-21-30-31(24-26)34(4,5)23-22-33(30,2)3)29-18-12-13-19-32(29)35(27-14-8-6-9-15-27)28-16-10-7-11-17-28/h6-21,24-25H,22-23H2,1-5H3. The molecule has 35 heavy (non-hydrogen) atoms. The van der Waals surface area contributed by atoms with Crippen LogP contribution in [-0.2, 0) is 10.8 Å². The second kappa shape index (κ2) is 9.40. The van der Waals surface area contributed by atoms with Gasteiger partial charge in [-0.25, -0.2) is 0 Å². The fraction of sp³-hybridized carbons (Fsp3) is 0.294. The highest BCUT2D eigenvalue weighted by Crippen LogP contribution is 2.47. The molecule has 0 bridgehead atoms. The van der Waals surface area contributed by atoms with E-state index < -0.39 is 7.92 Å². The minimum Gasteiger partial charge on any atom is -0.0622 e. The highest BCUT2D eigenvalue weighted by molar-refractivity contribution is 7.79. The van der Waals surface area contributed by atoms with Gasteiger partial charge in [0, 0.05) is 5.92 Å². The summed E-state index contributed by atoms with van der Waals surface area (Å²) >= 11 is 0. The van der Waals surface area contributed by atoms with Gasteiger partial charge in [0.15, 0.2) is 0 Å². The molecule has 0 N–H and O–H groups in total.